The van der Waals surface area contributed by atoms with Crippen LogP contribution in [0.4, 0.5) is 4.79 Å². The summed E-state index contributed by atoms with van der Waals surface area (Å²) in [6.45, 7) is 7.75. The Morgan fingerprint density at radius 3 is 2.73 bits per heavy atom. The summed E-state index contributed by atoms with van der Waals surface area (Å²) in [6.07, 6.45) is 7.08. The second kappa shape index (κ2) is 7.10. The van der Waals surface area contributed by atoms with E-state index in [9.17, 15) is 13.2 Å². The number of fused-ring (bicyclic) bond motifs is 4. The molecule has 3 heterocycles. The molecule has 0 radical (unpaired) electrons. The van der Waals surface area contributed by atoms with Gasteiger partial charge in [-0.15, -0.1) is 11.6 Å². The fourth-order valence-electron chi connectivity index (χ4n) is 4.20. The van der Waals surface area contributed by atoms with Gasteiger partial charge in [-0.25, -0.2) is 13.2 Å². The highest BCUT2D eigenvalue weighted by Gasteiger charge is 2.49. The predicted octanol–water partition coefficient (Wildman–Crippen LogP) is 3.10. The number of allylic oxidation sites excluding steroid dienone is 3. The number of piperazine rings is 1. The Kier molecular flexibility index (Phi) is 5.06. The Hall–Kier alpha value is -1.84. The van der Waals surface area contributed by atoms with Crippen molar-refractivity contribution in [1.82, 2.24) is 19.4 Å². The molecular formula is C20H27ClN4O4S. The molecule has 3 atom stereocenters. The summed E-state index contributed by atoms with van der Waals surface area (Å²) >= 11 is 6.32. The Bertz CT molecular complexity index is 1020. The fraction of sp³-hybridized carbons (Fsp3) is 0.600. The molecule has 8 nitrogen and oxygen atoms in total. The second-order valence-electron chi connectivity index (χ2n) is 9.32. The van der Waals surface area contributed by atoms with Crippen LogP contribution in [0, 0.1) is 0 Å². The van der Waals surface area contributed by atoms with Gasteiger partial charge in [0.2, 0.25) is 10.0 Å². The minimum absolute atomic E-state index is 0.210. The molecule has 0 aromatic carbocycles. The van der Waals surface area contributed by atoms with E-state index in [1.54, 1.807) is 33.6 Å². The average molecular weight is 455 g/mol. The molecular weight excluding hydrogens is 428 g/mol. The molecule has 1 aliphatic carbocycles. The number of alkyl halides is 1. The number of sulfonamides is 1. The van der Waals surface area contributed by atoms with Crippen molar-refractivity contribution in [2.45, 2.75) is 63.1 Å². The maximum atomic E-state index is 13.6. The summed E-state index contributed by atoms with van der Waals surface area (Å²) in [4.78, 5) is 14.0. The fourth-order valence-corrected chi connectivity index (χ4v) is 6.16. The molecule has 3 unspecified atom stereocenters. The Balaban J connectivity index is 1.67. The molecule has 2 bridgehead atoms. The van der Waals surface area contributed by atoms with Crippen molar-refractivity contribution in [1.29, 1.82) is 0 Å². The molecule has 1 aromatic heterocycles. The summed E-state index contributed by atoms with van der Waals surface area (Å²) in [5.74, 6) is 0. The number of aromatic amines is 1. The van der Waals surface area contributed by atoms with Crippen LogP contribution in [0.5, 0.6) is 0 Å². The van der Waals surface area contributed by atoms with Crippen molar-refractivity contribution in [3.05, 3.63) is 40.6 Å². The van der Waals surface area contributed by atoms with E-state index in [1.165, 1.54) is 0 Å². The van der Waals surface area contributed by atoms with Crippen LogP contribution in [-0.4, -0.2) is 63.5 Å². The van der Waals surface area contributed by atoms with E-state index in [-0.39, 0.29) is 18.0 Å². The van der Waals surface area contributed by atoms with Gasteiger partial charge < -0.3 is 9.64 Å². The van der Waals surface area contributed by atoms with Crippen LogP contribution in [0.3, 0.4) is 0 Å². The van der Waals surface area contributed by atoms with Crippen molar-refractivity contribution in [3.8, 4) is 0 Å². The molecule has 4 rings (SSSR count). The highest BCUT2D eigenvalue weighted by Crippen LogP contribution is 2.41. The maximum absolute atomic E-state index is 13.6. The van der Waals surface area contributed by atoms with Gasteiger partial charge in [0, 0.05) is 36.8 Å². The molecule has 2 aliphatic heterocycles. The van der Waals surface area contributed by atoms with Gasteiger partial charge >= 0.3 is 6.09 Å². The molecule has 1 amide bonds. The molecule has 1 aromatic rings. The number of ether oxygens (including phenoxy) is 1. The normalized spacial score (nSPS) is 29.4. The van der Waals surface area contributed by atoms with Gasteiger partial charge in [0.05, 0.1) is 22.0 Å². The minimum atomic E-state index is -3.77. The molecule has 30 heavy (non-hydrogen) atoms. The molecule has 0 spiro atoms. The van der Waals surface area contributed by atoms with Gasteiger partial charge in [0.25, 0.3) is 0 Å². The quantitative estimate of drug-likeness (QED) is 0.692. The lowest BCUT2D eigenvalue weighted by Crippen LogP contribution is -2.61. The number of H-pyrrole nitrogens is 1. The van der Waals surface area contributed by atoms with E-state index < -0.39 is 38.7 Å². The van der Waals surface area contributed by atoms with Gasteiger partial charge in [-0.2, -0.15) is 9.40 Å². The van der Waals surface area contributed by atoms with Crippen molar-refractivity contribution in [3.63, 3.8) is 0 Å². The van der Waals surface area contributed by atoms with Gasteiger partial charge in [0.1, 0.15) is 5.60 Å². The first kappa shape index (κ1) is 21.4. The lowest BCUT2D eigenvalue weighted by Gasteiger charge is -2.48. The number of hydrogen-bond donors (Lipinski definition) is 1. The second-order valence-corrected chi connectivity index (χ2v) is 12.0. The molecule has 0 saturated carbocycles. The first-order valence-electron chi connectivity index (χ1n) is 9.99. The minimum Gasteiger partial charge on any atom is -0.444 e. The number of carbonyl (C=O) groups excluding carboxylic acids is 1. The molecule has 164 valence electrons. The third-order valence-corrected chi connectivity index (χ3v) is 7.85. The van der Waals surface area contributed by atoms with E-state index in [1.807, 2.05) is 27.7 Å². The lowest BCUT2D eigenvalue weighted by molar-refractivity contribution is 0.00171. The van der Waals surface area contributed by atoms with E-state index in [4.69, 9.17) is 16.3 Å². The molecule has 1 N–H and O–H groups in total. The van der Waals surface area contributed by atoms with Gasteiger partial charge in [0.15, 0.2) is 0 Å². The summed E-state index contributed by atoms with van der Waals surface area (Å²) in [5.41, 5.74) is 1.09. The topological polar surface area (TPSA) is 95.6 Å². The standard InChI is InChI=1S/C20H27ClN4O4S/c1-19(2,3)29-18(26)24-11-13-9-16-15(10-22-23-16)17(12-24)25(13)30(27,28)14-5-7-20(4,21)8-6-14/h5-7,10,13,17H,8-9,11-12H2,1-4H3,(H,22,23). The van der Waals surface area contributed by atoms with Crippen molar-refractivity contribution in [2.24, 2.45) is 0 Å². The van der Waals surface area contributed by atoms with E-state index in [0.29, 0.717) is 12.8 Å². The molecule has 1 saturated heterocycles. The predicted molar refractivity (Wildman–Crippen MR) is 113 cm³/mol. The number of nitrogens with zero attached hydrogens (tertiary/aromatic N) is 3. The number of rotatable bonds is 2. The van der Waals surface area contributed by atoms with E-state index in [2.05, 4.69) is 10.2 Å². The van der Waals surface area contributed by atoms with Gasteiger partial charge in [-0.1, -0.05) is 12.2 Å². The SMILES string of the molecule is CC1(Cl)C=CC(S(=O)(=O)N2C3Cc4[nH]ncc4C2CN(C(=O)OC(C)(C)C)C3)=CC1. The number of amides is 1. The third kappa shape index (κ3) is 3.90. The summed E-state index contributed by atoms with van der Waals surface area (Å²) in [6, 6.07) is -0.935. The van der Waals surface area contributed by atoms with Gasteiger partial charge in [-0.05, 0) is 40.2 Å². The summed E-state index contributed by atoms with van der Waals surface area (Å²) in [7, 11) is -3.77. The lowest BCUT2D eigenvalue weighted by atomic mass is 9.92. The third-order valence-electron chi connectivity index (χ3n) is 5.57. The van der Waals surface area contributed by atoms with Crippen LogP contribution in [0.2, 0.25) is 0 Å². The number of aromatic nitrogens is 2. The van der Waals surface area contributed by atoms with Crippen LogP contribution in [0.1, 0.15) is 51.4 Å². The largest absolute Gasteiger partial charge is 0.444 e. The van der Waals surface area contributed by atoms with E-state index >= 15 is 0 Å². The monoisotopic (exact) mass is 454 g/mol. The first-order valence-corrected chi connectivity index (χ1v) is 11.8. The average Bonchev–Trinajstić information content (AvgIpc) is 3.07. The van der Waals surface area contributed by atoms with Crippen LogP contribution in [-0.2, 0) is 21.2 Å². The maximum Gasteiger partial charge on any atom is 0.410 e. The highest BCUT2D eigenvalue weighted by molar-refractivity contribution is 7.93. The number of carbonyl (C=O) groups is 1. The van der Waals surface area contributed by atoms with Crippen molar-refractivity contribution in [2.75, 3.05) is 13.1 Å². The van der Waals surface area contributed by atoms with Crippen LogP contribution < -0.4 is 0 Å². The molecule has 1 fully saturated rings. The van der Waals surface area contributed by atoms with Crippen molar-refractivity contribution >= 4 is 27.7 Å². The van der Waals surface area contributed by atoms with Gasteiger partial charge in [-0.3, -0.25) is 5.10 Å². The Morgan fingerprint density at radius 1 is 1.37 bits per heavy atom. The highest BCUT2D eigenvalue weighted by atomic mass is 35.5. The molecule has 10 heteroatoms. The summed E-state index contributed by atoms with van der Waals surface area (Å²) < 4.78 is 34.3. The van der Waals surface area contributed by atoms with Crippen LogP contribution in [0.25, 0.3) is 0 Å². The zero-order valence-electron chi connectivity index (χ0n) is 17.6. The Morgan fingerprint density at radius 2 is 2.10 bits per heavy atom. The number of halogens is 1. The number of hydrogen-bond acceptors (Lipinski definition) is 5. The summed E-state index contributed by atoms with van der Waals surface area (Å²) in [5, 5.41) is 7.09. The smallest absolute Gasteiger partial charge is 0.410 e. The Labute approximate surface area is 181 Å². The molecule has 3 aliphatic rings. The number of nitrogens with one attached hydrogen (secondary N) is 1. The first-order chi connectivity index (χ1) is 13.9. The van der Waals surface area contributed by atoms with Crippen molar-refractivity contribution < 1.29 is 17.9 Å². The van der Waals surface area contributed by atoms with E-state index in [0.717, 1.165) is 11.3 Å². The zero-order chi connectivity index (χ0) is 21.9. The van der Waals surface area contributed by atoms with Crippen LogP contribution in [0.15, 0.2) is 29.3 Å². The van der Waals surface area contributed by atoms with Crippen LogP contribution >= 0.6 is 11.6 Å². The zero-order valence-corrected chi connectivity index (χ0v) is 19.1.